The van der Waals surface area contributed by atoms with Crippen molar-refractivity contribution in [2.45, 2.75) is 39.7 Å². The number of ether oxygens (including phenoxy) is 2. The molecule has 8 nitrogen and oxygen atoms in total. The summed E-state index contributed by atoms with van der Waals surface area (Å²) >= 11 is 0. The van der Waals surface area contributed by atoms with Crippen molar-refractivity contribution in [2.75, 3.05) is 11.9 Å². The summed E-state index contributed by atoms with van der Waals surface area (Å²) in [5, 5.41) is 13.2. The van der Waals surface area contributed by atoms with Crippen LogP contribution in [0.15, 0.2) is 42.5 Å². The fourth-order valence-corrected chi connectivity index (χ4v) is 2.58. The summed E-state index contributed by atoms with van der Waals surface area (Å²) in [7, 11) is 0. The van der Waals surface area contributed by atoms with E-state index in [0.29, 0.717) is 11.4 Å². The van der Waals surface area contributed by atoms with Crippen LogP contribution in [0.5, 0.6) is 5.75 Å². The Morgan fingerprint density at radius 1 is 1.10 bits per heavy atom. The Balaban J connectivity index is 1.89. The molecule has 0 aliphatic heterocycles. The number of nitro benzene ring substituents is 1. The van der Waals surface area contributed by atoms with E-state index in [1.165, 1.54) is 31.2 Å². The van der Waals surface area contributed by atoms with E-state index in [1.807, 2.05) is 39.0 Å². The van der Waals surface area contributed by atoms with Crippen LogP contribution in [0, 0.1) is 17.0 Å². The summed E-state index contributed by atoms with van der Waals surface area (Å²) in [6.45, 7) is 7.10. The average Bonchev–Trinajstić information content (AvgIpc) is 2.66. The zero-order valence-corrected chi connectivity index (χ0v) is 16.8. The molecule has 0 heterocycles. The van der Waals surface area contributed by atoms with Gasteiger partial charge >= 0.3 is 5.97 Å². The number of rotatable bonds is 8. The molecule has 8 heteroatoms. The maximum absolute atomic E-state index is 12.2. The summed E-state index contributed by atoms with van der Waals surface area (Å²) < 4.78 is 10.7. The van der Waals surface area contributed by atoms with Crippen LogP contribution in [0.3, 0.4) is 0 Å². The molecule has 0 aliphatic carbocycles. The summed E-state index contributed by atoms with van der Waals surface area (Å²) in [5.74, 6) is -0.383. The molecule has 0 aromatic heterocycles. The Morgan fingerprint density at radius 2 is 1.76 bits per heavy atom. The quantitative estimate of drug-likeness (QED) is 0.408. The predicted molar refractivity (Wildman–Crippen MR) is 108 cm³/mol. The van der Waals surface area contributed by atoms with Gasteiger partial charge in [-0.1, -0.05) is 26.0 Å². The van der Waals surface area contributed by atoms with Gasteiger partial charge in [0, 0.05) is 17.8 Å². The van der Waals surface area contributed by atoms with Gasteiger partial charge in [0.15, 0.2) is 12.7 Å². The van der Waals surface area contributed by atoms with Crippen molar-refractivity contribution in [1.29, 1.82) is 0 Å². The lowest BCUT2D eigenvalue weighted by Crippen LogP contribution is -2.31. The fraction of sp³-hybridized carbons (Fsp3) is 0.333. The molecule has 0 radical (unpaired) electrons. The molecule has 0 aliphatic rings. The Kier molecular flexibility index (Phi) is 7.30. The van der Waals surface area contributed by atoms with E-state index in [9.17, 15) is 19.7 Å². The van der Waals surface area contributed by atoms with E-state index < -0.39 is 22.9 Å². The van der Waals surface area contributed by atoms with Crippen LogP contribution in [0.25, 0.3) is 0 Å². The van der Waals surface area contributed by atoms with E-state index in [4.69, 9.17) is 9.47 Å². The van der Waals surface area contributed by atoms with Crippen LogP contribution in [0.4, 0.5) is 11.4 Å². The maximum Gasteiger partial charge on any atom is 0.344 e. The number of aryl methyl sites for hydroxylation is 1. The van der Waals surface area contributed by atoms with Crippen molar-refractivity contribution in [3.63, 3.8) is 0 Å². The number of amides is 1. The second-order valence-corrected chi connectivity index (χ2v) is 6.91. The van der Waals surface area contributed by atoms with Gasteiger partial charge in [-0.3, -0.25) is 14.9 Å². The SMILES string of the molecule is Cc1ccc(C(C)C)c(OCC(=O)OC(C)C(=O)Nc2ccc([N+](=O)[O-])cc2)c1. The molecule has 29 heavy (non-hydrogen) atoms. The van der Waals surface area contributed by atoms with E-state index >= 15 is 0 Å². The Hall–Kier alpha value is -3.42. The topological polar surface area (TPSA) is 108 Å². The van der Waals surface area contributed by atoms with Gasteiger partial charge in [-0.15, -0.1) is 0 Å². The largest absolute Gasteiger partial charge is 0.482 e. The minimum Gasteiger partial charge on any atom is -0.482 e. The molecule has 0 bridgehead atoms. The second-order valence-electron chi connectivity index (χ2n) is 6.91. The van der Waals surface area contributed by atoms with Gasteiger partial charge in [-0.05, 0) is 49.1 Å². The molecule has 0 fully saturated rings. The van der Waals surface area contributed by atoms with Crippen molar-refractivity contribution in [3.05, 3.63) is 63.7 Å². The first-order valence-electron chi connectivity index (χ1n) is 9.15. The third kappa shape index (κ3) is 6.31. The number of nitrogens with zero attached hydrogens (tertiary/aromatic N) is 1. The molecule has 2 aromatic carbocycles. The number of benzene rings is 2. The summed E-state index contributed by atoms with van der Waals surface area (Å²) in [5.41, 5.74) is 2.26. The van der Waals surface area contributed by atoms with E-state index in [-0.39, 0.29) is 18.2 Å². The van der Waals surface area contributed by atoms with E-state index in [1.54, 1.807) is 0 Å². The van der Waals surface area contributed by atoms with Gasteiger partial charge in [0.2, 0.25) is 0 Å². The average molecular weight is 400 g/mol. The van der Waals surface area contributed by atoms with Crippen LogP contribution in [0.1, 0.15) is 37.8 Å². The number of nitro groups is 1. The molecule has 154 valence electrons. The zero-order valence-electron chi connectivity index (χ0n) is 16.8. The summed E-state index contributed by atoms with van der Waals surface area (Å²) in [6.07, 6.45) is -1.05. The third-order valence-electron chi connectivity index (χ3n) is 4.16. The van der Waals surface area contributed by atoms with Crippen LogP contribution in [0.2, 0.25) is 0 Å². The third-order valence-corrected chi connectivity index (χ3v) is 4.16. The van der Waals surface area contributed by atoms with Crippen LogP contribution in [-0.2, 0) is 14.3 Å². The fourth-order valence-electron chi connectivity index (χ4n) is 2.58. The molecule has 0 saturated heterocycles. The van der Waals surface area contributed by atoms with Crippen molar-refractivity contribution in [2.24, 2.45) is 0 Å². The second kappa shape index (κ2) is 9.68. The number of esters is 1. The molecule has 1 atom stereocenters. The number of non-ortho nitro benzene ring substituents is 1. The van der Waals surface area contributed by atoms with E-state index in [2.05, 4.69) is 5.32 Å². The molecule has 2 aromatic rings. The van der Waals surface area contributed by atoms with Crippen molar-refractivity contribution >= 4 is 23.3 Å². The lowest BCUT2D eigenvalue weighted by molar-refractivity contribution is -0.384. The lowest BCUT2D eigenvalue weighted by Gasteiger charge is -2.16. The van der Waals surface area contributed by atoms with Gasteiger partial charge in [-0.25, -0.2) is 4.79 Å². The Morgan fingerprint density at radius 3 is 2.34 bits per heavy atom. The molecular formula is C21H24N2O6. The molecule has 1 N–H and O–H groups in total. The first-order chi connectivity index (χ1) is 13.7. The molecule has 1 amide bonds. The first kappa shape index (κ1) is 21.9. The minimum atomic E-state index is -1.05. The lowest BCUT2D eigenvalue weighted by atomic mass is 10.0. The van der Waals surface area contributed by atoms with Crippen molar-refractivity contribution < 1.29 is 24.0 Å². The highest BCUT2D eigenvalue weighted by Gasteiger charge is 2.19. The number of hydrogen-bond acceptors (Lipinski definition) is 6. The van der Waals surface area contributed by atoms with Crippen molar-refractivity contribution in [3.8, 4) is 5.75 Å². The molecular weight excluding hydrogens is 376 g/mol. The van der Waals surface area contributed by atoms with Crippen LogP contribution >= 0.6 is 0 Å². The standard InChI is InChI=1S/C21H24N2O6/c1-13(2)18-10-5-14(3)11-19(18)28-12-20(24)29-15(4)21(25)22-16-6-8-17(9-7-16)23(26)27/h5-11,13,15H,12H2,1-4H3,(H,22,25). The van der Waals surface area contributed by atoms with E-state index in [0.717, 1.165) is 11.1 Å². The summed E-state index contributed by atoms with van der Waals surface area (Å²) in [4.78, 5) is 34.4. The maximum atomic E-state index is 12.2. The Labute approximate surface area is 169 Å². The highest BCUT2D eigenvalue weighted by molar-refractivity contribution is 5.95. The zero-order chi connectivity index (χ0) is 21.6. The van der Waals surface area contributed by atoms with Gasteiger partial charge in [-0.2, -0.15) is 0 Å². The van der Waals surface area contributed by atoms with Gasteiger partial charge in [0.1, 0.15) is 5.75 Å². The van der Waals surface area contributed by atoms with Crippen molar-refractivity contribution in [1.82, 2.24) is 0 Å². The van der Waals surface area contributed by atoms with Gasteiger partial charge in [0.05, 0.1) is 4.92 Å². The molecule has 0 saturated carbocycles. The number of carbonyl (C=O) groups is 2. The Bertz CT molecular complexity index is 893. The monoisotopic (exact) mass is 400 g/mol. The first-order valence-corrected chi connectivity index (χ1v) is 9.15. The number of carbonyl (C=O) groups excluding carboxylic acids is 2. The number of nitrogens with one attached hydrogen (secondary N) is 1. The predicted octanol–water partition coefficient (Wildman–Crippen LogP) is 3.98. The van der Waals surface area contributed by atoms with Crippen LogP contribution in [-0.4, -0.2) is 29.5 Å². The van der Waals surface area contributed by atoms with Gasteiger partial charge < -0.3 is 14.8 Å². The molecule has 0 spiro atoms. The summed E-state index contributed by atoms with van der Waals surface area (Å²) in [6, 6.07) is 11.1. The minimum absolute atomic E-state index is 0.0865. The smallest absolute Gasteiger partial charge is 0.344 e. The highest BCUT2D eigenvalue weighted by atomic mass is 16.6. The molecule has 1 unspecified atom stereocenters. The normalized spacial score (nSPS) is 11.6. The number of anilines is 1. The van der Waals surface area contributed by atoms with Gasteiger partial charge in [0.25, 0.3) is 11.6 Å². The highest BCUT2D eigenvalue weighted by Crippen LogP contribution is 2.27. The number of hydrogen-bond donors (Lipinski definition) is 1. The van der Waals surface area contributed by atoms with Crippen LogP contribution < -0.4 is 10.1 Å². The molecule has 2 rings (SSSR count).